The number of hydrogen-bond donors (Lipinski definition) is 3. The van der Waals surface area contributed by atoms with Gasteiger partial charge in [-0.3, -0.25) is 0 Å². The van der Waals surface area contributed by atoms with Crippen molar-refractivity contribution < 1.29 is 27.1 Å². The van der Waals surface area contributed by atoms with Crippen molar-refractivity contribution in [2.75, 3.05) is 6.61 Å². The van der Waals surface area contributed by atoms with Gasteiger partial charge >= 0.3 is 12.1 Å². The van der Waals surface area contributed by atoms with Crippen LogP contribution in [0.4, 0.5) is 17.6 Å². The van der Waals surface area contributed by atoms with E-state index < -0.39 is 42.0 Å². The maximum Gasteiger partial charge on any atom is 0.408 e. The fraction of sp³-hybridized carbons (Fsp3) is 0.389. The second-order valence-electron chi connectivity index (χ2n) is 6.33. The van der Waals surface area contributed by atoms with Gasteiger partial charge < -0.3 is 21.9 Å². The summed E-state index contributed by atoms with van der Waals surface area (Å²) in [6.07, 6.45) is -2.62. The zero-order valence-corrected chi connectivity index (χ0v) is 14.7. The minimum absolute atomic E-state index is 0.284. The average Bonchev–Trinajstić information content (AvgIpc) is 2.49. The number of ether oxygens (including phenoxy) is 1. The summed E-state index contributed by atoms with van der Waals surface area (Å²) in [6, 6.07) is 1.83. The molecule has 9 heteroatoms. The molecule has 1 aromatic rings. The number of hydrogen-bond acceptors (Lipinski definition) is 5. The second kappa shape index (κ2) is 7.99. The molecule has 0 bridgehead atoms. The van der Waals surface area contributed by atoms with Crippen molar-refractivity contribution in [1.82, 2.24) is 0 Å². The van der Waals surface area contributed by atoms with Crippen LogP contribution < -0.4 is 17.2 Å². The summed E-state index contributed by atoms with van der Waals surface area (Å²) in [5.74, 6) is -2.75. The summed E-state index contributed by atoms with van der Waals surface area (Å²) in [7, 11) is 0. The molecule has 1 saturated carbocycles. The molecule has 6 N–H and O–H groups in total. The van der Waals surface area contributed by atoms with Gasteiger partial charge in [-0.05, 0) is 43.4 Å². The molecule has 5 nitrogen and oxygen atoms in total. The summed E-state index contributed by atoms with van der Waals surface area (Å²) in [5.41, 5.74) is 16.6. The van der Waals surface area contributed by atoms with Crippen molar-refractivity contribution in [2.45, 2.75) is 38.4 Å². The lowest BCUT2D eigenvalue weighted by atomic mass is 9.84. The Hall–Kier alpha value is -2.55. The molecule has 1 aromatic carbocycles. The van der Waals surface area contributed by atoms with Gasteiger partial charge in [-0.25, -0.2) is 9.18 Å². The third-order valence-electron chi connectivity index (χ3n) is 4.45. The van der Waals surface area contributed by atoms with Crippen LogP contribution in [0.2, 0.25) is 0 Å². The number of rotatable bonds is 5. The van der Waals surface area contributed by atoms with E-state index in [4.69, 9.17) is 21.9 Å². The fourth-order valence-corrected chi connectivity index (χ4v) is 2.82. The van der Waals surface area contributed by atoms with Gasteiger partial charge in [-0.1, -0.05) is 17.7 Å². The van der Waals surface area contributed by atoms with E-state index in [1.165, 1.54) is 6.07 Å². The molecule has 1 unspecified atom stereocenters. The first kappa shape index (κ1) is 20.8. The van der Waals surface area contributed by atoms with Crippen LogP contribution in [0.15, 0.2) is 35.2 Å². The van der Waals surface area contributed by atoms with Crippen LogP contribution in [-0.2, 0) is 9.53 Å². The highest BCUT2D eigenvalue weighted by Gasteiger charge is 2.43. The third-order valence-corrected chi connectivity index (χ3v) is 4.45. The van der Waals surface area contributed by atoms with Gasteiger partial charge in [0.1, 0.15) is 29.9 Å². The largest absolute Gasteiger partial charge is 0.457 e. The number of benzene rings is 1. The lowest BCUT2D eigenvalue weighted by molar-refractivity contribution is -0.152. The van der Waals surface area contributed by atoms with E-state index in [0.717, 1.165) is 12.0 Å². The Balaban J connectivity index is 2.29. The molecule has 0 aromatic heterocycles. The van der Waals surface area contributed by atoms with Crippen LogP contribution in [0.1, 0.15) is 30.4 Å². The molecule has 2 rings (SSSR count). The molecule has 1 aliphatic rings. The number of aryl methyl sites for hydroxylation is 1. The summed E-state index contributed by atoms with van der Waals surface area (Å²) in [4.78, 5) is 12.2. The molecule has 0 aliphatic heterocycles. The van der Waals surface area contributed by atoms with Gasteiger partial charge in [0, 0.05) is 5.56 Å². The van der Waals surface area contributed by atoms with Gasteiger partial charge in [0.05, 0.1) is 0 Å². The monoisotopic (exact) mass is 387 g/mol. The summed E-state index contributed by atoms with van der Waals surface area (Å²) in [5, 5.41) is 0. The van der Waals surface area contributed by atoms with Gasteiger partial charge in [0.15, 0.2) is 0 Å². The normalized spacial score (nSPS) is 15.0. The van der Waals surface area contributed by atoms with Crippen LogP contribution in [0, 0.1) is 12.7 Å². The number of halogens is 4. The Morgan fingerprint density at radius 2 is 1.89 bits per heavy atom. The predicted molar refractivity (Wildman–Crippen MR) is 92.3 cm³/mol. The maximum atomic E-state index is 14.3. The van der Waals surface area contributed by atoms with Crippen molar-refractivity contribution in [1.29, 1.82) is 0 Å². The Kier molecular flexibility index (Phi) is 6.15. The summed E-state index contributed by atoms with van der Waals surface area (Å²) < 4.78 is 57.9. The minimum atomic E-state index is -4.92. The quantitative estimate of drug-likeness (QED) is 0.409. The molecule has 1 fully saturated rings. The first-order chi connectivity index (χ1) is 12.5. The van der Waals surface area contributed by atoms with Gasteiger partial charge in [0.25, 0.3) is 0 Å². The lowest BCUT2D eigenvalue weighted by Crippen LogP contribution is -2.44. The van der Waals surface area contributed by atoms with Crippen LogP contribution in [0.25, 0.3) is 5.57 Å². The van der Waals surface area contributed by atoms with Crippen molar-refractivity contribution in [3.8, 4) is 0 Å². The number of nitrogens with two attached hydrogens (primary N) is 3. The fourth-order valence-electron chi connectivity index (χ4n) is 2.82. The van der Waals surface area contributed by atoms with Gasteiger partial charge in [-0.15, -0.1) is 0 Å². The molecule has 0 heterocycles. The smallest absolute Gasteiger partial charge is 0.408 e. The Labute approximate surface area is 153 Å². The standard InChI is InChI=1S/C18H21F4N3O2/c1-9-4-2-7-12(19)13(9)11(10-5-3-6-10)8-27-17(26)14(16(24)25)15(23)18(20,21)22/h2,4,7,15H,3,5-6,8,23-25H2,1H3. The highest BCUT2D eigenvalue weighted by atomic mass is 19.4. The van der Waals surface area contributed by atoms with E-state index in [2.05, 4.69) is 0 Å². The zero-order chi connectivity index (χ0) is 20.4. The third kappa shape index (κ3) is 4.60. The van der Waals surface area contributed by atoms with Gasteiger partial charge in [-0.2, -0.15) is 13.2 Å². The maximum absolute atomic E-state index is 14.3. The van der Waals surface area contributed by atoms with Crippen molar-refractivity contribution in [2.24, 2.45) is 17.2 Å². The van der Waals surface area contributed by atoms with Crippen LogP contribution in [-0.4, -0.2) is 24.8 Å². The molecule has 0 saturated heterocycles. The first-order valence-electron chi connectivity index (χ1n) is 8.25. The van der Waals surface area contributed by atoms with E-state index in [1.54, 1.807) is 19.1 Å². The minimum Gasteiger partial charge on any atom is -0.457 e. The van der Waals surface area contributed by atoms with E-state index in [0.29, 0.717) is 24.0 Å². The van der Waals surface area contributed by atoms with E-state index in [9.17, 15) is 22.4 Å². The van der Waals surface area contributed by atoms with Crippen LogP contribution in [0.3, 0.4) is 0 Å². The lowest BCUT2D eigenvalue weighted by Gasteiger charge is -2.24. The molecular weight excluding hydrogens is 366 g/mol. The number of carbonyl (C=O) groups excluding carboxylic acids is 1. The Morgan fingerprint density at radius 3 is 2.33 bits per heavy atom. The Bertz CT molecular complexity index is 770. The van der Waals surface area contributed by atoms with E-state index in [1.807, 2.05) is 0 Å². The highest BCUT2D eigenvalue weighted by molar-refractivity contribution is 5.91. The van der Waals surface area contributed by atoms with E-state index >= 15 is 0 Å². The molecule has 1 atom stereocenters. The molecule has 148 valence electrons. The van der Waals surface area contributed by atoms with Crippen molar-refractivity contribution >= 4 is 11.5 Å². The summed E-state index contributed by atoms with van der Waals surface area (Å²) in [6.45, 7) is 1.29. The summed E-state index contributed by atoms with van der Waals surface area (Å²) >= 11 is 0. The SMILES string of the molecule is Cc1cccc(F)c1C(COC(=O)C(=C(N)N)C(N)C(F)(F)F)=C1CCC1. The highest BCUT2D eigenvalue weighted by Crippen LogP contribution is 2.36. The Morgan fingerprint density at radius 1 is 1.26 bits per heavy atom. The molecule has 0 spiro atoms. The van der Waals surface area contributed by atoms with Crippen LogP contribution in [0.5, 0.6) is 0 Å². The number of carbonyl (C=O) groups is 1. The van der Waals surface area contributed by atoms with Gasteiger partial charge in [0.2, 0.25) is 0 Å². The second-order valence-corrected chi connectivity index (χ2v) is 6.33. The predicted octanol–water partition coefficient (Wildman–Crippen LogP) is 2.63. The molecule has 0 amide bonds. The average molecular weight is 387 g/mol. The number of alkyl halides is 3. The van der Waals surface area contributed by atoms with Crippen molar-refractivity contribution in [3.63, 3.8) is 0 Å². The molecular formula is C18H21F4N3O2. The molecule has 0 radical (unpaired) electrons. The molecule has 27 heavy (non-hydrogen) atoms. The molecule has 1 aliphatic carbocycles. The topological polar surface area (TPSA) is 104 Å². The van der Waals surface area contributed by atoms with E-state index in [-0.39, 0.29) is 5.56 Å². The van der Waals surface area contributed by atoms with Crippen LogP contribution >= 0.6 is 0 Å². The number of esters is 1. The number of allylic oxidation sites excluding steroid dienone is 1. The first-order valence-corrected chi connectivity index (χ1v) is 8.25. The zero-order valence-electron chi connectivity index (χ0n) is 14.7. The van der Waals surface area contributed by atoms with Crippen molar-refractivity contribution in [3.05, 3.63) is 52.1 Å².